The van der Waals surface area contributed by atoms with Gasteiger partial charge in [0.05, 0.1) is 4.88 Å². The summed E-state index contributed by atoms with van der Waals surface area (Å²) < 4.78 is 5.62. The molecule has 0 N–H and O–H groups in total. The highest BCUT2D eigenvalue weighted by Crippen LogP contribution is 2.35. The van der Waals surface area contributed by atoms with Gasteiger partial charge in [-0.05, 0) is 23.6 Å². The van der Waals surface area contributed by atoms with Crippen LogP contribution in [-0.2, 0) is 0 Å². The number of hydrogen-bond donors (Lipinski definition) is 0. The van der Waals surface area contributed by atoms with Crippen molar-refractivity contribution in [1.29, 1.82) is 0 Å². The van der Waals surface area contributed by atoms with Crippen molar-refractivity contribution in [2.45, 2.75) is 0 Å². The fraction of sp³-hybridized carbons (Fsp3) is 0. The fourth-order valence-corrected chi connectivity index (χ4v) is 1.96. The van der Waals surface area contributed by atoms with Crippen LogP contribution in [0.1, 0.15) is 4.88 Å². The number of pyridine rings is 1. The van der Waals surface area contributed by atoms with Gasteiger partial charge in [0, 0.05) is 12.4 Å². The lowest BCUT2D eigenvalue weighted by Gasteiger charge is -2.02. The van der Waals surface area contributed by atoms with Crippen LogP contribution in [0.25, 0.3) is 0 Å². The predicted molar refractivity (Wildman–Crippen MR) is 55.9 cm³/mol. The van der Waals surface area contributed by atoms with Crippen molar-refractivity contribution in [2.75, 3.05) is 0 Å². The van der Waals surface area contributed by atoms with E-state index >= 15 is 0 Å². The smallest absolute Gasteiger partial charge is 0.245 e. The van der Waals surface area contributed by atoms with Gasteiger partial charge in [0.1, 0.15) is 11.4 Å². The highest BCUT2D eigenvalue weighted by atomic mass is 32.1. The Kier molecular flexibility index (Phi) is 1.61. The molecule has 2 aromatic heterocycles. The van der Waals surface area contributed by atoms with Crippen molar-refractivity contribution < 1.29 is 4.74 Å². The average molecular weight is 202 g/mol. The SMILES string of the molecule is C1=Nc2cccnc2Oc2ccsc21. The van der Waals surface area contributed by atoms with Crippen LogP contribution in [0, 0.1) is 0 Å². The van der Waals surface area contributed by atoms with Crippen LogP contribution in [0.4, 0.5) is 5.69 Å². The molecule has 14 heavy (non-hydrogen) atoms. The Bertz CT molecular complexity index is 504. The number of ether oxygens (including phenoxy) is 1. The molecule has 3 heterocycles. The molecule has 4 heteroatoms. The summed E-state index contributed by atoms with van der Waals surface area (Å²) in [5, 5.41) is 1.98. The van der Waals surface area contributed by atoms with Gasteiger partial charge in [-0.25, -0.2) is 9.98 Å². The molecule has 0 saturated heterocycles. The van der Waals surface area contributed by atoms with E-state index in [2.05, 4.69) is 9.98 Å². The van der Waals surface area contributed by atoms with Crippen LogP contribution < -0.4 is 4.74 Å². The molecule has 0 atom stereocenters. The summed E-state index contributed by atoms with van der Waals surface area (Å²) in [5.41, 5.74) is 0.774. The van der Waals surface area contributed by atoms with E-state index in [1.54, 1.807) is 17.5 Å². The zero-order chi connectivity index (χ0) is 9.38. The van der Waals surface area contributed by atoms with E-state index < -0.39 is 0 Å². The predicted octanol–water partition coefficient (Wildman–Crippen LogP) is 3.00. The van der Waals surface area contributed by atoms with Crippen molar-refractivity contribution in [3.63, 3.8) is 0 Å². The lowest BCUT2D eigenvalue weighted by Crippen LogP contribution is -1.85. The summed E-state index contributed by atoms with van der Waals surface area (Å²) in [6, 6.07) is 5.66. The molecule has 1 aliphatic heterocycles. The molecule has 3 rings (SSSR count). The zero-order valence-corrected chi connectivity index (χ0v) is 7.99. The third-order valence-corrected chi connectivity index (χ3v) is 2.77. The van der Waals surface area contributed by atoms with Crippen molar-refractivity contribution in [1.82, 2.24) is 4.98 Å². The third-order valence-electron chi connectivity index (χ3n) is 1.94. The maximum absolute atomic E-state index is 5.62. The van der Waals surface area contributed by atoms with Crippen LogP contribution in [0.15, 0.2) is 34.8 Å². The van der Waals surface area contributed by atoms with Gasteiger partial charge in [0.2, 0.25) is 5.88 Å². The molecule has 0 fully saturated rings. The molecule has 0 spiro atoms. The minimum absolute atomic E-state index is 0.570. The molecule has 0 unspecified atom stereocenters. The molecule has 68 valence electrons. The summed E-state index contributed by atoms with van der Waals surface area (Å²) >= 11 is 1.61. The van der Waals surface area contributed by atoms with Crippen LogP contribution in [0.2, 0.25) is 0 Å². The third kappa shape index (κ3) is 1.12. The number of nitrogens with zero attached hydrogens (tertiary/aromatic N) is 2. The van der Waals surface area contributed by atoms with Gasteiger partial charge in [0.15, 0.2) is 0 Å². The Morgan fingerprint density at radius 2 is 2.29 bits per heavy atom. The van der Waals surface area contributed by atoms with E-state index in [9.17, 15) is 0 Å². The average Bonchev–Trinajstić information content (AvgIpc) is 2.58. The lowest BCUT2D eigenvalue weighted by atomic mass is 10.4. The Hall–Kier alpha value is -1.68. The Morgan fingerprint density at radius 3 is 3.29 bits per heavy atom. The van der Waals surface area contributed by atoms with E-state index in [-0.39, 0.29) is 0 Å². The number of aromatic nitrogens is 1. The first-order valence-electron chi connectivity index (χ1n) is 4.18. The summed E-state index contributed by atoms with van der Waals surface area (Å²) in [4.78, 5) is 9.46. The number of fused-ring (bicyclic) bond motifs is 2. The van der Waals surface area contributed by atoms with Gasteiger partial charge < -0.3 is 4.74 Å². The first-order valence-corrected chi connectivity index (χ1v) is 5.06. The normalized spacial score (nSPS) is 12.6. The van der Waals surface area contributed by atoms with Crippen LogP contribution in [0.5, 0.6) is 11.6 Å². The minimum atomic E-state index is 0.570. The van der Waals surface area contributed by atoms with Gasteiger partial charge in [-0.3, -0.25) is 0 Å². The molecule has 0 aromatic carbocycles. The highest BCUT2D eigenvalue weighted by Gasteiger charge is 2.12. The monoisotopic (exact) mass is 202 g/mol. The Labute approximate surface area is 84.7 Å². The number of rotatable bonds is 0. The van der Waals surface area contributed by atoms with E-state index in [0.29, 0.717) is 5.88 Å². The molecule has 3 nitrogen and oxygen atoms in total. The van der Waals surface area contributed by atoms with E-state index in [1.807, 2.05) is 29.8 Å². The minimum Gasteiger partial charge on any atom is -0.435 e. The first-order chi connectivity index (χ1) is 6.93. The molecule has 0 amide bonds. The molecular weight excluding hydrogens is 196 g/mol. The van der Waals surface area contributed by atoms with Crippen molar-refractivity contribution in [3.05, 3.63) is 34.7 Å². The van der Waals surface area contributed by atoms with E-state index in [4.69, 9.17) is 4.74 Å². The van der Waals surface area contributed by atoms with Crippen molar-refractivity contribution >= 4 is 23.2 Å². The topological polar surface area (TPSA) is 34.5 Å². The quantitative estimate of drug-likeness (QED) is 0.561. The Morgan fingerprint density at radius 1 is 1.29 bits per heavy atom. The summed E-state index contributed by atoms with van der Waals surface area (Å²) in [5.74, 6) is 1.40. The van der Waals surface area contributed by atoms with Crippen molar-refractivity contribution in [2.24, 2.45) is 4.99 Å². The zero-order valence-electron chi connectivity index (χ0n) is 7.18. The van der Waals surface area contributed by atoms with Gasteiger partial charge in [-0.15, -0.1) is 11.3 Å². The van der Waals surface area contributed by atoms with Crippen molar-refractivity contribution in [3.8, 4) is 11.6 Å². The van der Waals surface area contributed by atoms with Gasteiger partial charge >= 0.3 is 0 Å². The van der Waals surface area contributed by atoms with Gasteiger partial charge in [-0.2, -0.15) is 0 Å². The number of hydrogen-bond acceptors (Lipinski definition) is 4. The largest absolute Gasteiger partial charge is 0.435 e. The highest BCUT2D eigenvalue weighted by molar-refractivity contribution is 7.12. The van der Waals surface area contributed by atoms with Crippen LogP contribution >= 0.6 is 11.3 Å². The number of thiophene rings is 1. The van der Waals surface area contributed by atoms with Crippen LogP contribution in [-0.4, -0.2) is 11.2 Å². The molecule has 0 bridgehead atoms. The number of aliphatic imine (C=N–C) groups is 1. The van der Waals surface area contributed by atoms with Gasteiger partial charge in [-0.1, -0.05) is 0 Å². The fourth-order valence-electron chi connectivity index (χ4n) is 1.28. The van der Waals surface area contributed by atoms with E-state index in [1.165, 1.54) is 0 Å². The summed E-state index contributed by atoms with van der Waals surface area (Å²) in [6.07, 6.45) is 3.51. The lowest BCUT2D eigenvalue weighted by molar-refractivity contribution is 0.467. The molecule has 2 aromatic rings. The maximum Gasteiger partial charge on any atom is 0.245 e. The first kappa shape index (κ1) is 7.70. The molecule has 0 saturated carbocycles. The molecule has 0 radical (unpaired) electrons. The molecule has 0 aliphatic carbocycles. The second kappa shape index (κ2) is 2.92. The van der Waals surface area contributed by atoms with Gasteiger partial charge in [0.25, 0.3) is 0 Å². The maximum atomic E-state index is 5.62. The van der Waals surface area contributed by atoms with E-state index in [0.717, 1.165) is 16.3 Å². The summed E-state index contributed by atoms with van der Waals surface area (Å²) in [6.45, 7) is 0. The van der Waals surface area contributed by atoms with Crippen LogP contribution in [0.3, 0.4) is 0 Å². The Balaban J connectivity index is 2.19. The second-order valence-corrected chi connectivity index (χ2v) is 3.78. The second-order valence-electron chi connectivity index (χ2n) is 2.84. The summed E-state index contributed by atoms with van der Waals surface area (Å²) in [7, 11) is 0. The standard InChI is InChI=1S/C10H6N2OS/c1-2-7-10(11-4-1)13-8-3-5-14-9(8)6-12-7/h1-6H. The molecular formula is C10H6N2OS. The molecule has 1 aliphatic rings.